The van der Waals surface area contributed by atoms with Gasteiger partial charge in [-0.05, 0) is 25.0 Å². The highest BCUT2D eigenvalue weighted by molar-refractivity contribution is 7.89. The summed E-state index contributed by atoms with van der Waals surface area (Å²) in [6, 6.07) is 3.39. The molecule has 6 nitrogen and oxygen atoms in total. The molecule has 140 valence electrons. The molecule has 1 unspecified atom stereocenters. The van der Waals surface area contributed by atoms with E-state index < -0.39 is 33.6 Å². The minimum atomic E-state index is -4.35. The number of halogens is 3. The summed E-state index contributed by atoms with van der Waals surface area (Å²) >= 11 is 0. The quantitative estimate of drug-likeness (QED) is 0.399. The summed E-state index contributed by atoms with van der Waals surface area (Å²) in [6.07, 6.45) is -4.97. The molecule has 0 bridgehead atoms. The second kappa shape index (κ2) is 8.43. The molecule has 0 aliphatic carbocycles. The lowest BCUT2D eigenvalue weighted by atomic mass is 10.0. The lowest BCUT2D eigenvalue weighted by molar-refractivity contribution is -0.384. The molecule has 0 amide bonds. The van der Waals surface area contributed by atoms with Gasteiger partial charge in [0.2, 0.25) is 10.0 Å². The van der Waals surface area contributed by atoms with E-state index in [0.717, 1.165) is 24.3 Å². The summed E-state index contributed by atoms with van der Waals surface area (Å²) in [7, 11) is -4.04. The topological polar surface area (TPSA) is 89.3 Å². The molecule has 1 N–H and O–H groups in total. The highest BCUT2D eigenvalue weighted by Gasteiger charge is 2.29. The Morgan fingerprint density at radius 1 is 1.32 bits per heavy atom. The SMILES string of the molecule is C=C(CCC(F)(F)F)C(CCC)NS(=O)(=O)c1ccc([N+](=O)[O-])cc1. The third kappa shape index (κ3) is 6.83. The summed E-state index contributed by atoms with van der Waals surface area (Å²) < 4.78 is 64.1. The lowest BCUT2D eigenvalue weighted by Crippen LogP contribution is -2.36. The van der Waals surface area contributed by atoms with Crippen LogP contribution in [-0.2, 0) is 10.0 Å². The van der Waals surface area contributed by atoms with Crippen LogP contribution in [0.2, 0.25) is 0 Å². The Kier molecular flexibility index (Phi) is 7.12. The maximum absolute atomic E-state index is 12.4. The molecule has 0 fully saturated rings. The average molecular weight is 380 g/mol. The van der Waals surface area contributed by atoms with Gasteiger partial charge in [-0.2, -0.15) is 13.2 Å². The second-order valence-corrected chi connectivity index (χ2v) is 7.20. The Labute approximate surface area is 143 Å². The van der Waals surface area contributed by atoms with Gasteiger partial charge in [0.15, 0.2) is 0 Å². The van der Waals surface area contributed by atoms with Crippen molar-refractivity contribution in [3.8, 4) is 0 Å². The zero-order valence-electron chi connectivity index (χ0n) is 13.5. The molecule has 0 aromatic heterocycles. The fraction of sp³-hybridized carbons (Fsp3) is 0.467. The predicted octanol–water partition coefficient (Wildman–Crippen LogP) is 3.94. The van der Waals surface area contributed by atoms with E-state index in [1.807, 2.05) is 0 Å². The van der Waals surface area contributed by atoms with E-state index in [9.17, 15) is 31.7 Å². The molecule has 0 spiro atoms. The maximum Gasteiger partial charge on any atom is 0.389 e. The lowest BCUT2D eigenvalue weighted by Gasteiger charge is -2.21. The van der Waals surface area contributed by atoms with Gasteiger partial charge in [0, 0.05) is 24.6 Å². The van der Waals surface area contributed by atoms with Crippen molar-refractivity contribution in [2.45, 2.75) is 49.7 Å². The first-order chi connectivity index (χ1) is 11.5. The molecule has 0 heterocycles. The minimum Gasteiger partial charge on any atom is -0.258 e. The van der Waals surface area contributed by atoms with E-state index in [4.69, 9.17) is 0 Å². The monoisotopic (exact) mass is 380 g/mol. The fourth-order valence-corrected chi connectivity index (χ4v) is 3.40. The zero-order chi connectivity index (χ0) is 19.3. The number of alkyl halides is 3. The number of hydrogen-bond acceptors (Lipinski definition) is 4. The molecule has 1 aromatic carbocycles. The van der Waals surface area contributed by atoms with Crippen LogP contribution in [0.25, 0.3) is 0 Å². The maximum atomic E-state index is 12.4. The Balaban J connectivity index is 2.91. The predicted molar refractivity (Wildman–Crippen MR) is 86.5 cm³/mol. The number of nitrogens with zero attached hydrogens (tertiary/aromatic N) is 1. The van der Waals surface area contributed by atoms with E-state index in [1.54, 1.807) is 6.92 Å². The number of hydrogen-bond donors (Lipinski definition) is 1. The van der Waals surface area contributed by atoms with Crippen LogP contribution >= 0.6 is 0 Å². The molecule has 0 saturated heterocycles. The van der Waals surface area contributed by atoms with Crippen molar-refractivity contribution < 1.29 is 26.5 Å². The van der Waals surface area contributed by atoms with Gasteiger partial charge in [-0.3, -0.25) is 10.1 Å². The highest BCUT2D eigenvalue weighted by atomic mass is 32.2. The van der Waals surface area contributed by atoms with Gasteiger partial charge >= 0.3 is 6.18 Å². The molecule has 25 heavy (non-hydrogen) atoms. The number of nitro benzene ring substituents is 1. The summed E-state index contributed by atoms with van der Waals surface area (Å²) in [4.78, 5) is 9.73. The van der Waals surface area contributed by atoms with Crippen molar-refractivity contribution in [2.24, 2.45) is 0 Å². The highest BCUT2D eigenvalue weighted by Crippen LogP contribution is 2.26. The largest absolute Gasteiger partial charge is 0.389 e. The van der Waals surface area contributed by atoms with Crippen LogP contribution in [0.5, 0.6) is 0 Å². The first-order valence-electron chi connectivity index (χ1n) is 7.47. The number of benzene rings is 1. The molecule has 1 aromatic rings. The van der Waals surface area contributed by atoms with Crippen molar-refractivity contribution in [1.82, 2.24) is 4.72 Å². The minimum absolute atomic E-state index is 0.143. The number of non-ortho nitro benzene ring substituents is 1. The van der Waals surface area contributed by atoms with Gasteiger partial charge in [-0.15, -0.1) is 0 Å². The van der Waals surface area contributed by atoms with Crippen LogP contribution in [0.3, 0.4) is 0 Å². The normalized spacial score (nSPS) is 13.4. The van der Waals surface area contributed by atoms with Crippen molar-refractivity contribution in [1.29, 1.82) is 0 Å². The average Bonchev–Trinajstić information content (AvgIpc) is 2.51. The number of rotatable bonds is 9. The van der Waals surface area contributed by atoms with Crippen molar-refractivity contribution in [2.75, 3.05) is 0 Å². The molecule has 10 heteroatoms. The third-order valence-electron chi connectivity index (χ3n) is 3.45. The fourth-order valence-electron chi connectivity index (χ4n) is 2.11. The summed E-state index contributed by atoms with van der Waals surface area (Å²) in [6.45, 7) is 5.34. The number of nitrogens with one attached hydrogen (secondary N) is 1. The van der Waals surface area contributed by atoms with Crippen molar-refractivity contribution in [3.63, 3.8) is 0 Å². The van der Waals surface area contributed by atoms with Crippen LogP contribution in [0, 0.1) is 10.1 Å². The number of nitro groups is 1. The van der Waals surface area contributed by atoms with Crippen molar-refractivity contribution in [3.05, 3.63) is 46.5 Å². The Bertz CT molecular complexity index is 715. The summed E-state index contributed by atoms with van der Waals surface area (Å²) in [5.41, 5.74) is -0.122. The van der Waals surface area contributed by atoms with E-state index in [2.05, 4.69) is 11.3 Å². The Hall–Kier alpha value is -1.94. The zero-order valence-corrected chi connectivity index (χ0v) is 14.4. The van der Waals surface area contributed by atoms with Gasteiger partial charge in [0.1, 0.15) is 0 Å². The van der Waals surface area contributed by atoms with E-state index in [0.29, 0.717) is 12.8 Å². The molecule has 1 rings (SSSR count). The molecule has 0 saturated carbocycles. The Morgan fingerprint density at radius 3 is 2.32 bits per heavy atom. The van der Waals surface area contributed by atoms with Gasteiger partial charge in [-0.1, -0.05) is 25.5 Å². The van der Waals surface area contributed by atoms with Crippen LogP contribution in [0.1, 0.15) is 32.6 Å². The summed E-state index contributed by atoms with van der Waals surface area (Å²) in [5, 5.41) is 10.6. The molecule has 1 atom stereocenters. The first-order valence-corrected chi connectivity index (χ1v) is 8.96. The molecule has 0 aliphatic heterocycles. The van der Waals surface area contributed by atoms with Crippen LogP contribution in [0.15, 0.2) is 41.3 Å². The van der Waals surface area contributed by atoms with Crippen LogP contribution in [-0.4, -0.2) is 25.6 Å². The standard InChI is InChI=1S/C15H19F3N2O4S/c1-3-4-14(11(2)9-10-15(16,17)18)19-25(23,24)13-7-5-12(6-8-13)20(21)22/h5-8,14,19H,2-4,9-10H2,1H3. The molecular formula is C15H19F3N2O4S. The molecule has 0 radical (unpaired) electrons. The first kappa shape index (κ1) is 21.1. The smallest absolute Gasteiger partial charge is 0.258 e. The Morgan fingerprint density at radius 2 is 1.88 bits per heavy atom. The van der Waals surface area contributed by atoms with Crippen molar-refractivity contribution >= 4 is 15.7 Å². The van der Waals surface area contributed by atoms with Crippen LogP contribution in [0.4, 0.5) is 18.9 Å². The van der Waals surface area contributed by atoms with Gasteiger partial charge in [0.05, 0.1) is 9.82 Å². The third-order valence-corrected chi connectivity index (χ3v) is 4.94. The molecular weight excluding hydrogens is 361 g/mol. The summed E-state index contributed by atoms with van der Waals surface area (Å²) in [5.74, 6) is 0. The van der Waals surface area contributed by atoms with E-state index >= 15 is 0 Å². The van der Waals surface area contributed by atoms with E-state index in [-0.39, 0.29) is 22.6 Å². The van der Waals surface area contributed by atoms with Gasteiger partial charge in [-0.25, -0.2) is 13.1 Å². The number of sulfonamides is 1. The van der Waals surface area contributed by atoms with Crippen LogP contribution < -0.4 is 4.72 Å². The molecule has 0 aliphatic rings. The second-order valence-electron chi connectivity index (χ2n) is 5.49. The van der Waals surface area contributed by atoms with Gasteiger partial charge < -0.3 is 0 Å². The van der Waals surface area contributed by atoms with E-state index in [1.165, 1.54) is 0 Å². The van der Waals surface area contributed by atoms with Gasteiger partial charge in [0.25, 0.3) is 5.69 Å².